The second-order valence-corrected chi connectivity index (χ2v) is 30.7. The molecule has 0 atom stereocenters. The Morgan fingerprint density at radius 3 is 0.940 bits per heavy atom. The maximum absolute atomic E-state index is 2.57. The summed E-state index contributed by atoms with van der Waals surface area (Å²) in [5.74, 6) is 0. The van der Waals surface area contributed by atoms with Crippen LogP contribution in [0.4, 0.5) is 34.1 Å². The van der Waals surface area contributed by atoms with Gasteiger partial charge >= 0.3 is 0 Å². The van der Waals surface area contributed by atoms with Crippen molar-refractivity contribution in [1.82, 2.24) is 0 Å². The van der Waals surface area contributed by atoms with Crippen LogP contribution in [-0.2, 0) is 21.7 Å². The summed E-state index contributed by atoms with van der Waals surface area (Å²) in [6.45, 7) is 19.3. The number of fused-ring (bicyclic) bond motifs is 20. The molecule has 16 aromatic rings. The number of anilines is 6. The smallest absolute Gasteiger partial charge is 0.0468 e. The van der Waals surface area contributed by atoms with E-state index >= 15 is 0 Å². The molecule has 0 saturated heterocycles. The number of hydrogen-bond donors (Lipinski definition) is 0. The third-order valence-electron chi connectivity index (χ3n) is 24.0. The highest BCUT2D eigenvalue weighted by Gasteiger charge is 2.41. The number of benzene rings is 16. The van der Waals surface area contributed by atoms with Gasteiger partial charge in [-0.3, -0.25) is 0 Å². The van der Waals surface area contributed by atoms with Crippen molar-refractivity contribution < 1.29 is 0 Å². The molecule has 0 radical (unpaired) electrons. The fourth-order valence-corrected chi connectivity index (χ4v) is 18.9. The molecule has 0 aliphatic heterocycles. The molecule has 4 aliphatic rings. The van der Waals surface area contributed by atoms with E-state index < -0.39 is 0 Å². The SMILES string of the molecule is CC1(C)c2ccccc2-c2ccc(N(c3ccccc3)c3ccc4c(-c5ccc6c(c5)C(C)(C)c5ccc7ccccc7c5-6)c5cc(N(c6ccccc6)c6ccc7c(c6)C(C)(C)c6ccc8ccccc8c6-7)ccc5c(-c5ccc6c(c5)C(C)(C)c5ccc7ccccc7c5-6)c4c3)cc21. The monoisotopic (exact) mass is 1280 g/mol. The zero-order chi connectivity index (χ0) is 67.3. The largest absolute Gasteiger partial charge is 0.310 e. The van der Waals surface area contributed by atoms with Crippen molar-refractivity contribution in [2.75, 3.05) is 9.80 Å². The Kier molecular flexibility index (Phi) is 12.3. The van der Waals surface area contributed by atoms with E-state index in [0.717, 1.165) is 34.1 Å². The molecule has 0 N–H and O–H groups in total. The number of nitrogens with zero attached hydrogens (tertiary/aromatic N) is 2. The van der Waals surface area contributed by atoms with Gasteiger partial charge in [0.25, 0.3) is 0 Å². The molecule has 4 aliphatic carbocycles. The lowest BCUT2D eigenvalue weighted by Crippen LogP contribution is -2.16. The summed E-state index contributed by atoms with van der Waals surface area (Å²) in [7, 11) is 0. The summed E-state index contributed by atoms with van der Waals surface area (Å²) in [6, 6.07) is 116. The lowest BCUT2D eigenvalue weighted by atomic mass is 9.79. The average molecular weight is 1280 g/mol. The summed E-state index contributed by atoms with van der Waals surface area (Å²) in [6.07, 6.45) is 0. The fraction of sp³-hybridized carbons (Fsp3) is 0.122. The molecule has 0 fully saturated rings. The first-order valence-corrected chi connectivity index (χ1v) is 35.6. The highest BCUT2D eigenvalue weighted by atomic mass is 15.1. The molecule has 476 valence electrons. The van der Waals surface area contributed by atoms with Crippen LogP contribution in [-0.4, -0.2) is 0 Å². The van der Waals surface area contributed by atoms with Crippen LogP contribution in [0, 0.1) is 0 Å². The number of hydrogen-bond acceptors (Lipinski definition) is 2. The molecule has 0 saturated carbocycles. The molecule has 0 unspecified atom stereocenters. The zero-order valence-electron chi connectivity index (χ0n) is 57.8. The van der Waals surface area contributed by atoms with Crippen molar-refractivity contribution in [1.29, 1.82) is 0 Å². The van der Waals surface area contributed by atoms with Crippen LogP contribution < -0.4 is 9.80 Å². The highest BCUT2D eigenvalue weighted by molar-refractivity contribution is 6.23. The van der Waals surface area contributed by atoms with Gasteiger partial charge in [0.1, 0.15) is 0 Å². The average Bonchev–Trinajstić information content (AvgIpc) is 1.52. The van der Waals surface area contributed by atoms with Crippen LogP contribution in [0.3, 0.4) is 0 Å². The molecule has 100 heavy (non-hydrogen) atoms. The van der Waals surface area contributed by atoms with Crippen LogP contribution in [0.25, 0.3) is 121 Å². The van der Waals surface area contributed by atoms with E-state index in [1.807, 2.05) is 0 Å². The summed E-state index contributed by atoms with van der Waals surface area (Å²) in [5.41, 5.74) is 32.0. The molecule has 2 nitrogen and oxygen atoms in total. The van der Waals surface area contributed by atoms with Crippen molar-refractivity contribution in [3.63, 3.8) is 0 Å². The lowest BCUT2D eigenvalue weighted by Gasteiger charge is -2.30. The molecule has 0 spiro atoms. The first-order valence-electron chi connectivity index (χ1n) is 35.6. The van der Waals surface area contributed by atoms with Crippen molar-refractivity contribution in [3.05, 3.63) is 348 Å². The lowest BCUT2D eigenvalue weighted by molar-refractivity contribution is 0.660. The fourth-order valence-electron chi connectivity index (χ4n) is 18.9. The Morgan fingerprint density at radius 2 is 0.500 bits per heavy atom. The first-order chi connectivity index (χ1) is 48.6. The van der Waals surface area contributed by atoms with Crippen molar-refractivity contribution in [3.8, 4) is 66.8 Å². The molecule has 20 rings (SSSR count). The van der Waals surface area contributed by atoms with Gasteiger partial charge in [0.2, 0.25) is 0 Å². The van der Waals surface area contributed by atoms with Crippen molar-refractivity contribution in [2.45, 2.75) is 77.0 Å². The van der Waals surface area contributed by atoms with Crippen molar-refractivity contribution in [2.24, 2.45) is 0 Å². The topological polar surface area (TPSA) is 6.48 Å². The molecular weight excluding hydrogens is 1210 g/mol. The Labute approximate surface area is 585 Å². The Bertz CT molecular complexity index is 6220. The Hall–Kier alpha value is -11.6. The van der Waals surface area contributed by atoms with E-state index in [-0.39, 0.29) is 21.7 Å². The molecular formula is C98H74N2. The van der Waals surface area contributed by atoms with Gasteiger partial charge in [-0.2, -0.15) is 0 Å². The maximum atomic E-state index is 2.57. The highest BCUT2D eigenvalue weighted by Crippen LogP contribution is 2.59. The van der Waals surface area contributed by atoms with Crippen LogP contribution in [0.2, 0.25) is 0 Å². The molecule has 0 aromatic heterocycles. The van der Waals surface area contributed by atoms with Gasteiger partial charge in [0.15, 0.2) is 0 Å². The predicted octanol–water partition coefficient (Wildman–Crippen LogP) is 27.0. The summed E-state index contributed by atoms with van der Waals surface area (Å²) < 4.78 is 0. The molecule has 0 amide bonds. The van der Waals surface area contributed by atoms with Gasteiger partial charge in [-0.1, -0.05) is 274 Å². The minimum atomic E-state index is -0.270. The molecule has 16 aromatic carbocycles. The summed E-state index contributed by atoms with van der Waals surface area (Å²) in [4.78, 5) is 5.01. The summed E-state index contributed by atoms with van der Waals surface area (Å²) >= 11 is 0. The normalized spacial score (nSPS) is 14.9. The predicted molar refractivity (Wildman–Crippen MR) is 424 cm³/mol. The van der Waals surface area contributed by atoms with Crippen LogP contribution in [0.15, 0.2) is 303 Å². The van der Waals surface area contributed by atoms with E-state index in [0.29, 0.717) is 0 Å². The van der Waals surface area contributed by atoms with E-state index in [9.17, 15) is 0 Å². The summed E-state index contributed by atoms with van der Waals surface area (Å²) in [5, 5.41) is 12.5. The van der Waals surface area contributed by atoms with Gasteiger partial charge < -0.3 is 9.80 Å². The molecule has 0 bridgehead atoms. The molecule has 2 heteroatoms. The van der Waals surface area contributed by atoms with Crippen LogP contribution in [0.1, 0.15) is 99.9 Å². The third-order valence-corrected chi connectivity index (χ3v) is 24.0. The van der Waals surface area contributed by atoms with Gasteiger partial charge in [-0.15, -0.1) is 0 Å². The van der Waals surface area contributed by atoms with Gasteiger partial charge in [0.05, 0.1) is 0 Å². The van der Waals surface area contributed by atoms with E-state index in [2.05, 4.69) is 369 Å². The van der Waals surface area contributed by atoms with Gasteiger partial charge in [0, 0.05) is 55.8 Å². The third kappa shape index (κ3) is 8.19. The number of rotatable bonds is 8. The zero-order valence-corrected chi connectivity index (χ0v) is 57.8. The van der Waals surface area contributed by atoms with Crippen molar-refractivity contribution >= 4 is 88.0 Å². The number of para-hydroxylation sites is 2. The van der Waals surface area contributed by atoms with E-state index in [1.54, 1.807) is 0 Å². The van der Waals surface area contributed by atoms with E-state index in [4.69, 9.17) is 0 Å². The maximum Gasteiger partial charge on any atom is 0.0468 e. The first kappa shape index (κ1) is 58.6. The second-order valence-electron chi connectivity index (χ2n) is 30.7. The Balaban J connectivity index is 0.876. The quantitative estimate of drug-likeness (QED) is 0.140. The minimum absolute atomic E-state index is 0.186. The standard InChI is InChI=1S/C98H74N2/c1-95(2)82-34-22-21-33-73(82)74-46-40-68(57-88(74)95)99(64-26-11-9-12-27-64)66-41-47-75-80(55-66)90(62-35-44-77-86(53-62)96(3,4)83-50-37-59-23-15-18-30-70(59)92(77)83)76-48-42-67(56-81(76)91(75)63-36-45-78-87(54-63)97(5,6)84-51-38-60-24-16-19-31-71(60)93(78)84)100(65-28-13-10-14-29-65)69-43-49-79-89(58-69)98(7,8)85-52-39-61-25-17-20-32-72(61)94(79)85/h9-58H,1-8H3. The Morgan fingerprint density at radius 1 is 0.180 bits per heavy atom. The molecule has 0 heterocycles. The van der Waals surface area contributed by atoms with Crippen LogP contribution in [0.5, 0.6) is 0 Å². The second kappa shape index (κ2) is 21.0. The van der Waals surface area contributed by atoms with E-state index in [1.165, 1.54) is 165 Å². The van der Waals surface area contributed by atoms with Gasteiger partial charge in [-0.05, 0) is 250 Å². The minimum Gasteiger partial charge on any atom is -0.310 e. The van der Waals surface area contributed by atoms with Crippen LogP contribution >= 0.6 is 0 Å². The van der Waals surface area contributed by atoms with Gasteiger partial charge in [-0.25, -0.2) is 0 Å².